The number of hydrogen-bond donors (Lipinski definition) is 1. The van der Waals surface area contributed by atoms with Gasteiger partial charge in [-0.3, -0.25) is 0 Å². The molecule has 15 heavy (non-hydrogen) atoms. The summed E-state index contributed by atoms with van der Waals surface area (Å²) in [7, 11) is 0. The maximum absolute atomic E-state index is 8.95. The fraction of sp³-hybridized carbons (Fsp3) is 0.538. The zero-order valence-electron chi connectivity index (χ0n) is 9.79. The number of aliphatic hydroxyl groups excluding tert-OH is 1. The molecule has 0 bridgehead atoms. The molecule has 1 atom stereocenters. The molecule has 0 amide bonds. The first-order chi connectivity index (χ1) is 7.29. The van der Waals surface area contributed by atoms with Crippen LogP contribution in [0.4, 0.5) is 0 Å². The second-order valence-electron chi connectivity index (χ2n) is 3.57. The third-order valence-electron chi connectivity index (χ3n) is 2.45. The molecule has 0 aromatic heterocycles. The van der Waals surface area contributed by atoms with Gasteiger partial charge in [-0.25, -0.2) is 0 Å². The van der Waals surface area contributed by atoms with Gasteiger partial charge in [0.25, 0.3) is 0 Å². The molecule has 0 fully saturated rings. The van der Waals surface area contributed by atoms with Crippen LogP contribution in [0.25, 0.3) is 0 Å². The van der Waals surface area contributed by atoms with Crippen LogP contribution < -0.4 is 4.74 Å². The predicted octanol–water partition coefficient (Wildman–Crippen LogP) is 2.71. The molecule has 1 aliphatic rings. The number of rotatable bonds is 1. The van der Waals surface area contributed by atoms with Crippen molar-refractivity contribution in [2.24, 2.45) is 0 Å². The molecule has 1 aromatic rings. The van der Waals surface area contributed by atoms with Crippen molar-refractivity contribution in [2.75, 3.05) is 6.61 Å². The Morgan fingerprint density at radius 3 is 2.80 bits per heavy atom. The lowest BCUT2D eigenvalue weighted by atomic mass is 10.0. The first-order valence-electron chi connectivity index (χ1n) is 5.66. The van der Waals surface area contributed by atoms with E-state index in [1.54, 1.807) is 0 Å². The van der Waals surface area contributed by atoms with E-state index in [1.165, 1.54) is 11.1 Å². The van der Waals surface area contributed by atoms with Gasteiger partial charge < -0.3 is 9.84 Å². The van der Waals surface area contributed by atoms with Gasteiger partial charge in [-0.2, -0.15) is 0 Å². The summed E-state index contributed by atoms with van der Waals surface area (Å²) in [5.41, 5.74) is 2.54. The average Bonchev–Trinajstić information content (AvgIpc) is 2.31. The Labute approximate surface area is 91.9 Å². The highest BCUT2D eigenvalue weighted by atomic mass is 16.5. The van der Waals surface area contributed by atoms with Crippen molar-refractivity contribution < 1.29 is 9.84 Å². The quantitative estimate of drug-likeness (QED) is 0.769. The van der Waals surface area contributed by atoms with Crippen LogP contribution in [-0.2, 0) is 6.42 Å². The van der Waals surface area contributed by atoms with E-state index in [1.807, 2.05) is 26.0 Å². The predicted molar refractivity (Wildman–Crippen MR) is 62.3 cm³/mol. The number of hydrogen-bond acceptors (Lipinski definition) is 2. The van der Waals surface area contributed by atoms with Gasteiger partial charge in [-0.1, -0.05) is 31.5 Å². The Hall–Kier alpha value is -1.02. The molecule has 1 unspecified atom stereocenters. The molecule has 1 aliphatic heterocycles. The molecule has 2 heteroatoms. The normalized spacial score (nSPS) is 18.3. The molecule has 0 saturated heterocycles. The van der Waals surface area contributed by atoms with E-state index in [4.69, 9.17) is 9.84 Å². The minimum Gasteiger partial charge on any atom is -0.488 e. The largest absolute Gasteiger partial charge is 0.488 e. The van der Waals surface area contributed by atoms with Gasteiger partial charge in [0, 0.05) is 0 Å². The molecular formula is C13H20O2. The Bertz CT molecular complexity index is 307. The van der Waals surface area contributed by atoms with Crippen LogP contribution in [0.15, 0.2) is 18.2 Å². The number of aryl methyl sites for hydroxylation is 2. The van der Waals surface area contributed by atoms with Crippen molar-refractivity contribution in [3.63, 3.8) is 0 Å². The Morgan fingerprint density at radius 2 is 2.13 bits per heavy atom. The lowest BCUT2D eigenvalue weighted by Gasteiger charge is -2.24. The maximum atomic E-state index is 8.95. The second kappa shape index (κ2) is 5.76. The van der Waals surface area contributed by atoms with Gasteiger partial charge in [0.15, 0.2) is 0 Å². The van der Waals surface area contributed by atoms with Crippen LogP contribution in [0.1, 0.15) is 31.4 Å². The first kappa shape index (κ1) is 12.1. The number of aliphatic hydroxyl groups is 1. The molecular weight excluding hydrogens is 188 g/mol. The standard InChI is InChI=1S/C11H14O2.C2H6/c1-8-2-5-11-9(6-8)3-4-10(7-12)13-11;1-2/h2,5-6,10,12H,3-4,7H2,1H3;1-2H3. The van der Waals surface area contributed by atoms with Gasteiger partial charge >= 0.3 is 0 Å². The highest BCUT2D eigenvalue weighted by molar-refractivity contribution is 5.38. The lowest BCUT2D eigenvalue weighted by molar-refractivity contribution is 0.0978. The van der Waals surface area contributed by atoms with Crippen LogP contribution in [0.2, 0.25) is 0 Å². The average molecular weight is 208 g/mol. The fourth-order valence-electron chi connectivity index (χ4n) is 1.70. The van der Waals surface area contributed by atoms with E-state index in [0.717, 1.165) is 18.6 Å². The third kappa shape index (κ3) is 2.96. The van der Waals surface area contributed by atoms with E-state index < -0.39 is 0 Å². The summed E-state index contributed by atoms with van der Waals surface area (Å²) < 4.78 is 5.59. The second-order valence-corrected chi connectivity index (χ2v) is 3.57. The summed E-state index contributed by atoms with van der Waals surface area (Å²) in [6.45, 7) is 6.20. The molecule has 84 valence electrons. The van der Waals surface area contributed by atoms with E-state index in [2.05, 4.69) is 13.0 Å². The first-order valence-corrected chi connectivity index (χ1v) is 5.66. The maximum Gasteiger partial charge on any atom is 0.123 e. The van der Waals surface area contributed by atoms with Crippen molar-refractivity contribution in [2.45, 2.75) is 39.7 Å². The SMILES string of the molecule is CC.Cc1ccc2c(c1)CCC(CO)O2. The number of fused-ring (bicyclic) bond motifs is 1. The zero-order valence-corrected chi connectivity index (χ0v) is 9.79. The molecule has 0 aliphatic carbocycles. The summed E-state index contributed by atoms with van der Waals surface area (Å²) in [5, 5.41) is 8.95. The van der Waals surface area contributed by atoms with Gasteiger partial charge in [-0.15, -0.1) is 0 Å². The van der Waals surface area contributed by atoms with E-state index in [0.29, 0.717) is 0 Å². The Kier molecular flexibility index (Phi) is 4.63. The summed E-state index contributed by atoms with van der Waals surface area (Å²) in [4.78, 5) is 0. The molecule has 0 radical (unpaired) electrons. The van der Waals surface area contributed by atoms with E-state index in [9.17, 15) is 0 Å². The lowest BCUT2D eigenvalue weighted by Crippen LogP contribution is -2.26. The van der Waals surface area contributed by atoms with Gasteiger partial charge in [-0.05, 0) is 31.4 Å². The van der Waals surface area contributed by atoms with Crippen molar-refractivity contribution in [3.05, 3.63) is 29.3 Å². The van der Waals surface area contributed by atoms with Crippen molar-refractivity contribution in [3.8, 4) is 5.75 Å². The van der Waals surface area contributed by atoms with Crippen LogP contribution in [0, 0.1) is 6.92 Å². The van der Waals surface area contributed by atoms with Gasteiger partial charge in [0.2, 0.25) is 0 Å². The van der Waals surface area contributed by atoms with Crippen molar-refractivity contribution >= 4 is 0 Å². The van der Waals surface area contributed by atoms with Gasteiger partial charge in [0.05, 0.1) is 6.61 Å². The fourth-order valence-corrected chi connectivity index (χ4v) is 1.70. The van der Waals surface area contributed by atoms with E-state index in [-0.39, 0.29) is 12.7 Å². The van der Waals surface area contributed by atoms with Crippen LogP contribution in [0.5, 0.6) is 5.75 Å². The molecule has 2 nitrogen and oxygen atoms in total. The topological polar surface area (TPSA) is 29.5 Å². The summed E-state index contributed by atoms with van der Waals surface area (Å²) in [5.74, 6) is 0.941. The summed E-state index contributed by atoms with van der Waals surface area (Å²) in [6, 6.07) is 6.19. The molecule has 1 heterocycles. The monoisotopic (exact) mass is 208 g/mol. The van der Waals surface area contributed by atoms with Crippen molar-refractivity contribution in [1.82, 2.24) is 0 Å². The Balaban J connectivity index is 0.000000531. The molecule has 1 aromatic carbocycles. The molecule has 2 rings (SSSR count). The number of ether oxygens (including phenoxy) is 1. The molecule has 0 spiro atoms. The minimum atomic E-state index is -0.00444. The van der Waals surface area contributed by atoms with Crippen LogP contribution in [-0.4, -0.2) is 17.8 Å². The zero-order chi connectivity index (χ0) is 11.3. The van der Waals surface area contributed by atoms with Crippen LogP contribution in [0.3, 0.4) is 0 Å². The highest BCUT2D eigenvalue weighted by Gasteiger charge is 2.18. The van der Waals surface area contributed by atoms with E-state index >= 15 is 0 Å². The minimum absolute atomic E-state index is 0.00444. The Morgan fingerprint density at radius 1 is 1.40 bits per heavy atom. The third-order valence-corrected chi connectivity index (χ3v) is 2.45. The molecule has 1 N–H and O–H groups in total. The summed E-state index contributed by atoms with van der Waals surface area (Å²) >= 11 is 0. The van der Waals surface area contributed by atoms with Crippen LogP contribution >= 0.6 is 0 Å². The smallest absolute Gasteiger partial charge is 0.123 e. The highest BCUT2D eigenvalue weighted by Crippen LogP contribution is 2.27. The van der Waals surface area contributed by atoms with Gasteiger partial charge in [0.1, 0.15) is 11.9 Å². The molecule has 0 saturated carbocycles. The van der Waals surface area contributed by atoms with Crippen molar-refractivity contribution in [1.29, 1.82) is 0 Å². The summed E-state index contributed by atoms with van der Waals surface area (Å²) in [6.07, 6.45) is 1.94. The number of benzene rings is 1.